The maximum Gasteiger partial charge on any atom is 0.246 e. The number of anilines is 1. The first-order valence-electron chi connectivity index (χ1n) is 10.5. The molecule has 170 valence electrons. The minimum atomic E-state index is -3.71. The van der Waals surface area contributed by atoms with Crippen molar-refractivity contribution >= 4 is 15.8 Å². The van der Waals surface area contributed by atoms with Crippen LogP contribution in [0.25, 0.3) is 5.82 Å². The number of ether oxygens (including phenoxy) is 2. The fourth-order valence-corrected chi connectivity index (χ4v) is 5.10. The van der Waals surface area contributed by atoms with Crippen LogP contribution in [0.1, 0.15) is 13.8 Å². The van der Waals surface area contributed by atoms with Gasteiger partial charge in [-0.15, -0.1) is 0 Å². The maximum absolute atomic E-state index is 13.4. The molecule has 0 bridgehead atoms. The number of aromatic nitrogens is 4. The zero-order valence-electron chi connectivity index (χ0n) is 18.1. The minimum absolute atomic E-state index is 0.153. The van der Waals surface area contributed by atoms with Gasteiger partial charge < -0.3 is 14.4 Å². The van der Waals surface area contributed by atoms with Crippen LogP contribution in [0.5, 0.6) is 11.5 Å². The first-order chi connectivity index (χ1) is 15.5. The van der Waals surface area contributed by atoms with E-state index in [-0.39, 0.29) is 4.90 Å². The average molecular weight is 459 g/mol. The lowest BCUT2D eigenvalue weighted by Gasteiger charge is -2.34. The van der Waals surface area contributed by atoms with Crippen LogP contribution in [0, 0.1) is 0 Å². The van der Waals surface area contributed by atoms with E-state index in [1.54, 1.807) is 35.3 Å². The summed E-state index contributed by atoms with van der Waals surface area (Å²) in [5.41, 5.74) is 0. The minimum Gasteiger partial charge on any atom is -0.494 e. The molecule has 0 saturated carbocycles. The number of sulfonamides is 1. The Balaban J connectivity index is 1.50. The van der Waals surface area contributed by atoms with Gasteiger partial charge in [-0.25, -0.2) is 23.4 Å². The molecule has 3 aromatic rings. The molecule has 1 aliphatic heterocycles. The molecule has 1 aliphatic rings. The standard InChI is InChI=1S/C21H26N6O4S/c1-3-30-17-5-6-19(18(13-17)31-4-2)32(28,29)27-11-9-25(10-12-27)20-14-21(24-15-23-20)26-8-7-22-16-26/h5-8,13-16H,3-4,9-12H2,1-2H3. The number of benzene rings is 1. The van der Waals surface area contributed by atoms with Crippen LogP contribution in [-0.2, 0) is 10.0 Å². The molecule has 0 atom stereocenters. The van der Waals surface area contributed by atoms with Gasteiger partial charge in [0.1, 0.15) is 40.7 Å². The topological polar surface area (TPSA) is 103 Å². The molecule has 0 N–H and O–H groups in total. The van der Waals surface area contributed by atoms with E-state index >= 15 is 0 Å². The monoisotopic (exact) mass is 458 g/mol. The lowest BCUT2D eigenvalue weighted by molar-refractivity contribution is 0.314. The van der Waals surface area contributed by atoms with E-state index in [0.717, 1.165) is 5.82 Å². The average Bonchev–Trinajstić information content (AvgIpc) is 3.35. The van der Waals surface area contributed by atoms with Crippen molar-refractivity contribution in [3.63, 3.8) is 0 Å². The van der Waals surface area contributed by atoms with Crippen molar-refractivity contribution in [1.29, 1.82) is 0 Å². The number of nitrogens with zero attached hydrogens (tertiary/aromatic N) is 6. The van der Waals surface area contributed by atoms with E-state index in [4.69, 9.17) is 9.47 Å². The van der Waals surface area contributed by atoms with Crippen molar-refractivity contribution in [3.8, 4) is 17.3 Å². The van der Waals surface area contributed by atoms with Crippen LogP contribution in [0.3, 0.4) is 0 Å². The Morgan fingerprint density at radius 2 is 1.72 bits per heavy atom. The van der Waals surface area contributed by atoms with Gasteiger partial charge in [0.2, 0.25) is 10.0 Å². The lowest BCUT2D eigenvalue weighted by atomic mass is 10.3. The van der Waals surface area contributed by atoms with Crippen LogP contribution < -0.4 is 14.4 Å². The molecular weight excluding hydrogens is 432 g/mol. The Hall–Kier alpha value is -3.18. The van der Waals surface area contributed by atoms with Gasteiger partial charge >= 0.3 is 0 Å². The second-order valence-electron chi connectivity index (χ2n) is 7.07. The van der Waals surface area contributed by atoms with Gasteiger partial charge in [0.15, 0.2) is 0 Å². The normalized spacial score (nSPS) is 15.0. The quantitative estimate of drug-likeness (QED) is 0.505. The maximum atomic E-state index is 13.4. The summed E-state index contributed by atoms with van der Waals surface area (Å²) in [4.78, 5) is 14.9. The van der Waals surface area contributed by atoms with Crippen molar-refractivity contribution in [2.24, 2.45) is 0 Å². The molecule has 10 nitrogen and oxygen atoms in total. The number of hydrogen-bond donors (Lipinski definition) is 0. The second-order valence-corrected chi connectivity index (χ2v) is 8.98. The van der Waals surface area contributed by atoms with Crippen molar-refractivity contribution in [1.82, 2.24) is 23.8 Å². The smallest absolute Gasteiger partial charge is 0.246 e. The number of hydrogen-bond acceptors (Lipinski definition) is 8. The van der Waals surface area contributed by atoms with Crippen LogP contribution in [0.15, 0.2) is 54.2 Å². The molecule has 0 spiro atoms. The Morgan fingerprint density at radius 1 is 0.969 bits per heavy atom. The first kappa shape index (κ1) is 22.0. The highest BCUT2D eigenvalue weighted by Gasteiger charge is 2.31. The Kier molecular flexibility index (Phi) is 6.56. The molecule has 2 aromatic heterocycles. The molecule has 0 aliphatic carbocycles. The van der Waals surface area contributed by atoms with E-state index < -0.39 is 10.0 Å². The van der Waals surface area contributed by atoms with E-state index in [2.05, 4.69) is 19.9 Å². The molecule has 0 amide bonds. The molecule has 3 heterocycles. The summed E-state index contributed by atoms with van der Waals surface area (Å²) in [6, 6.07) is 6.72. The van der Waals surface area contributed by atoms with Crippen molar-refractivity contribution in [2.75, 3.05) is 44.3 Å². The summed E-state index contributed by atoms with van der Waals surface area (Å²) in [5, 5.41) is 0. The van der Waals surface area contributed by atoms with Crippen molar-refractivity contribution in [2.45, 2.75) is 18.7 Å². The SMILES string of the molecule is CCOc1ccc(S(=O)(=O)N2CCN(c3cc(-n4ccnc4)ncn3)CC2)c(OCC)c1. The molecule has 4 rings (SSSR count). The largest absolute Gasteiger partial charge is 0.494 e. The van der Waals surface area contributed by atoms with Crippen molar-refractivity contribution in [3.05, 3.63) is 49.3 Å². The van der Waals surface area contributed by atoms with Crippen LogP contribution >= 0.6 is 0 Å². The molecule has 0 unspecified atom stereocenters. The molecule has 1 fully saturated rings. The highest BCUT2D eigenvalue weighted by atomic mass is 32.2. The predicted octanol–water partition coefficient (Wildman–Crippen LogP) is 1.97. The summed E-state index contributed by atoms with van der Waals surface area (Å²) < 4.78 is 41.1. The van der Waals surface area contributed by atoms with Crippen LogP contribution in [0.2, 0.25) is 0 Å². The Bertz CT molecular complexity index is 1140. The van der Waals surface area contributed by atoms with Gasteiger partial charge in [-0.1, -0.05) is 0 Å². The van der Waals surface area contributed by atoms with Gasteiger partial charge in [-0.3, -0.25) is 4.57 Å². The molecule has 0 radical (unpaired) electrons. The molecule has 1 aromatic carbocycles. The zero-order valence-corrected chi connectivity index (χ0v) is 18.9. The van der Waals surface area contributed by atoms with Gasteiger partial charge in [0.25, 0.3) is 0 Å². The van der Waals surface area contributed by atoms with Gasteiger partial charge in [-0.2, -0.15) is 4.31 Å². The van der Waals surface area contributed by atoms with Crippen molar-refractivity contribution < 1.29 is 17.9 Å². The predicted molar refractivity (Wildman–Crippen MR) is 119 cm³/mol. The van der Waals surface area contributed by atoms with Gasteiger partial charge in [0, 0.05) is 50.7 Å². The Morgan fingerprint density at radius 3 is 2.41 bits per heavy atom. The lowest BCUT2D eigenvalue weighted by Crippen LogP contribution is -2.49. The van der Waals surface area contributed by atoms with Gasteiger partial charge in [-0.05, 0) is 26.0 Å². The molecule has 32 heavy (non-hydrogen) atoms. The summed E-state index contributed by atoms with van der Waals surface area (Å²) >= 11 is 0. The third-order valence-electron chi connectivity index (χ3n) is 5.11. The summed E-state index contributed by atoms with van der Waals surface area (Å²) in [6.07, 6.45) is 6.66. The van der Waals surface area contributed by atoms with E-state index in [0.29, 0.717) is 56.7 Å². The third-order valence-corrected chi connectivity index (χ3v) is 7.05. The summed E-state index contributed by atoms with van der Waals surface area (Å²) in [5.74, 6) is 2.34. The van der Waals surface area contributed by atoms with Gasteiger partial charge in [0.05, 0.1) is 13.2 Å². The fraction of sp³-hybridized carbons (Fsp3) is 0.381. The first-order valence-corrected chi connectivity index (χ1v) is 11.9. The summed E-state index contributed by atoms with van der Waals surface area (Å²) in [7, 11) is -3.71. The zero-order chi connectivity index (χ0) is 22.6. The number of imidazole rings is 1. The highest BCUT2D eigenvalue weighted by Crippen LogP contribution is 2.32. The van der Waals surface area contributed by atoms with E-state index in [1.807, 2.05) is 26.1 Å². The molecule has 1 saturated heterocycles. The fourth-order valence-electron chi connectivity index (χ4n) is 3.57. The Labute approximate surface area is 187 Å². The van der Waals surface area contributed by atoms with Crippen LogP contribution in [0.4, 0.5) is 5.82 Å². The molecule has 11 heteroatoms. The van der Waals surface area contributed by atoms with E-state index in [9.17, 15) is 8.42 Å². The number of rotatable bonds is 8. The van der Waals surface area contributed by atoms with E-state index in [1.165, 1.54) is 10.6 Å². The van der Waals surface area contributed by atoms with Crippen LogP contribution in [-0.4, -0.2) is 71.6 Å². The summed E-state index contributed by atoms with van der Waals surface area (Å²) in [6.45, 7) is 6.26. The second kappa shape index (κ2) is 9.53. The number of piperazine rings is 1. The third kappa shape index (κ3) is 4.53. The molecular formula is C21H26N6O4S. The highest BCUT2D eigenvalue weighted by molar-refractivity contribution is 7.89.